The van der Waals surface area contributed by atoms with Crippen molar-refractivity contribution in [1.29, 1.82) is 0 Å². The predicted molar refractivity (Wildman–Crippen MR) is 77.8 cm³/mol. The fourth-order valence-electron chi connectivity index (χ4n) is 2.27. The lowest BCUT2D eigenvalue weighted by Gasteiger charge is -2.29. The van der Waals surface area contributed by atoms with E-state index >= 15 is 0 Å². The molecule has 0 bridgehead atoms. The van der Waals surface area contributed by atoms with Crippen LogP contribution in [0, 0.1) is 23.7 Å². The molecule has 16 heavy (non-hydrogen) atoms. The fraction of sp³-hybridized carbons (Fsp3) is 1.00. The van der Waals surface area contributed by atoms with E-state index in [2.05, 4.69) is 41.5 Å². The Morgan fingerprint density at radius 1 is 0.750 bits per heavy atom. The largest absolute Gasteiger partial charge is 0.0683 e. The van der Waals surface area contributed by atoms with Crippen molar-refractivity contribution in [3.8, 4) is 0 Å². The number of rotatable bonds is 7. The average molecular weight is 228 g/mol. The van der Waals surface area contributed by atoms with Gasteiger partial charge in [0.25, 0.3) is 0 Å². The van der Waals surface area contributed by atoms with Crippen LogP contribution in [-0.2, 0) is 0 Å². The molecule has 0 radical (unpaired) electrons. The summed E-state index contributed by atoms with van der Waals surface area (Å²) < 4.78 is 0. The van der Waals surface area contributed by atoms with Crippen LogP contribution in [0.2, 0.25) is 0 Å². The second kappa shape index (κ2) is 11.5. The maximum Gasteiger partial charge on any atom is -0.0386 e. The Morgan fingerprint density at radius 2 is 1.25 bits per heavy atom. The summed E-state index contributed by atoms with van der Waals surface area (Å²) in [6, 6.07) is 0. The maximum atomic E-state index is 2.45. The third-order valence-corrected chi connectivity index (χ3v) is 4.21. The highest BCUT2D eigenvalue weighted by molar-refractivity contribution is 4.71. The molecule has 0 aliphatic carbocycles. The summed E-state index contributed by atoms with van der Waals surface area (Å²) in [6.45, 7) is 18.2. The number of hydrogen-bond donors (Lipinski definition) is 0. The van der Waals surface area contributed by atoms with Gasteiger partial charge in [-0.1, -0.05) is 74.7 Å². The van der Waals surface area contributed by atoms with Crippen LogP contribution in [0.3, 0.4) is 0 Å². The Balaban J connectivity index is 0. The van der Waals surface area contributed by atoms with E-state index in [4.69, 9.17) is 0 Å². The summed E-state index contributed by atoms with van der Waals surface area (Å²) in [7, 11) is 0. The highest BCUT2D eigenvalue weighted by Crippen LogP contribution is 2.31. The molecule has 0 rings (SSSR count). The first-order valence-electron chi connectivity index (χ1n) is 7.56. The quantitative estimate of drug-likeness (QED) is 0.489. The zero-order chi connectivity index (χ0) is 13.1. The van der Waals surface area contributed by atoms with Crippen molar-refractivity contribution in [2.24, 2.45) is 23.7 Å². The van der Waals surface area contributed by atoms with Gasteiger partial charge in [-0.3, -0.25) is 0 Å². The zero-order valence-corrected chi connectivity index (χ0v) is 13.1. The molecule has 0 nitrogen and oxygen atoms in total. The zero-order valence-electron chi connectivity index (χ0n) is 13.1. The van der Waals surface area contributed by atoms with Gasteiger partial charge in [-0.05, 0) is 30.1 Å². The molecule has 0 N–H and O–H groups in total. The Labute approximate surface area is 105 Å². The lowest BCUT2D eigenvalue weighted by atomic mass is 9.77. The lowest BCUT2D eigenvalue weighted by molar-refractivity contribution is 0.211. The van der Waals surface area contributed by atoms with Gasteiger partial charge >= 0.3 is 0 Å². The van der Waals surface area contributed by atoms with Crippen LogP contribution in [0.4, 0.5) is 0 Å². The Morgan fingerprint density at radius 3 is 1.56 bits per heavy atom. The van der Waals surface area contributed by atoms with Gasteiger partial charge in [0.05, 0.1) is 0 Å². The van der Waals surface area contributed by atoms with E-state index in [1.165, 1.54) is 25.7 Å². The number of hydrogen-bond acceptors (Lipinski definition) is 0. The highest BCUT2D eigenvalue weighted by Gasteiger charge is 2.21. The molecule has 4 unspecified atom stereocenters. The van der Waals surface area contributed by atoms with Gasteiger partial charge in [-0.15, -0.1) is 0 Å². The normalized spacial score (nSPS) is 18.0. The van der Waals surface area contributed by atoms with Crippen molar-refractivity contribution in [3.63, 3.8) is 0 Å². The first kappa shape index (κ1) is 18.4. The first-order chi connectivity index (χ1) is 7.56. The molecule has 4 atom stereocenters. The first-order valence-corrected chi connectivity index (χ1v) is 7.56. The third kappa shape index (κ3) is 7.30. The minimum absolute atomic E-state index is 0.893. The topological polar surface area (TPSA) is 0 Å². The van der Waals surface area contributed by atoms with Crippen LogP contribution >= 0.6 is 0 Å². The molecule has 0 saturated carbocycles. The summed E-state index contributed by atoms with van der Waals surface area (Å²) in [4.78, 5) is 0. The molecule has 0 aromatic rings. The van der Waals surface area contributed by atoms with Crippen molar-refractivity contribution in [2.45, 2.75) is 81.1 Å². The molecule has 0 aliphatic heterocycles. The SMILES string of the molecule is CC.CCC(C)CC(CC)C(C)C(C)CC. The van der Waals surface area contributed by atoms with Crippen molar-refractivity contribution in [3.05, 3.63) is 0 Å². The van der Waals surface area contributed by atoms with Gasteiger partial charge in [0.1, 0.15) is 0 Å². The van der Waals surface area contributed by atoms with E-state index in [1.54, 1.807) is 0 Å². The van der Waals surface area contributed by atoms with E-state index in [9.17, 15) is 0 Å². The molecule has 0 saturated heterocycles. The second-order valence-electron chi connectivity index (χ2n) is 5.16. The van der Waals surface area contributed by atoms with E-state index in [-0.39, 0.29) is 0 Å². The Hall–Kier alpha value is 0. The Bertz CT molecular complexity index is 128. The van der Waals surface area contributed by atoms with E-state index in [1.807, 2.05) is 13.8 Å². The van der Waals surface area contributed by atoms with E-state index < -0.39 is 0 Å². The molecule has 0 aromatic heterocycles. The van der Waals surface area contributed by atoms with Crippen LogP contribution in [0.15, 0.2) is 0 Å². The molecular weight excluding hydrogens is 192 g/mol. The highest BCUT2D eigenvalue weighted by atomic mass is 14.3. The van der Waals surface area contributed by atoms with Crippen molar-refractivity contribution in [2.75, 3.05) is 0 Å². The molecule has 0 aliphatic rings. The fourth-order valence-corrected chi connectivity index (χ4v) is 2.27. The monoisotopic (exact) mass is 228 g/mol. The van der Waals surface area contributed by atoms with Gasteiger partial charge in [-0.2, -0.15) is 0 Å². The van der Waals surface area contributed by atoms with E-state index in [0.29, 0.717) is 0 Å². The minimum Gasteiger partial charge on any atom is -0.0683 e. The summed E-state index contributed by atoms with van der Waals surface area (Å²) in [5, 5.41) is 0. The third-order valence-electron chi connectivity index (χ3n) is 4.21. The van der Waals surface area contributed by atoms with Crippen molar-refractivity contribution in [1.82, 2.24) is 0 Å². The van der Waals surface area contributed by atoms with Crippen molar-refractivity contribution >= 4 is 0 Å². The summed E-state index contributed by atoms with van der Waals surface area (Å²) >= 11 is 0. The smallest absolute Gasteiger partial charge is 0.0386 e. The molecule has 100 valence electrons. The van der Waals surface area contributed by atoms with Gasteiger partial charge < -0.3 is 0 Å². The van der Waals surface area contributed by atoms with Gasteiger partial charge in [0, 0.05) is 0 Å². The summed E-state index contributed by atoms with van der Waals surface area (Å²) in [6.07, 6.45) is 5.45. The molecular formula is C16H36. The molecule has 0 fully saturated rings. The van der Waals surface area contributed by atoms with Crippen molar-refractivity contribution < 1.29 is 0 Å². The van der Waals surface area contributed by atoms with E-state index in [0.717, 1.165) is 23.7 Å². The van der Waals surface area contributed by atoms with Crippen LogP contribution < -0.4 is 0 Å². The van der Waals surface area contributed by atoms with Gasteiger partial charge in [-0.25, -0.2) is 0 Å². The average Bonchev–Trinajstić information content (AvgIpc) is 2.35. The molecule has 0 heteroatoms. The maximum absolute atomic E-state index is 2.45. The lowest BCUT2D eigenvalue weighted by Crippen LogP contribution is -2.20. The molecule has 0 spiro atoms. The Kier molecular flexibility index (Phi) is 13.2. The predicted octanol–water partition coefficient (Wildman–Crippen LogP) is 6.16. The van der Waals surface area contributed by atoms with Crippen LogP contribution in [0.25, 0.3) is 0 Å². The van der Waals surface area contributed by atoms with Crippen LogP contribution in [-0.4, -0.2) is 0 Å². The van der Waals surface area contributed by atoms with Crippen LogP contribution in [0.1, 0.15) is 81.1 Å². The van der Waals surface area contributed by atoms with Gasteiger partial charge in [0.2, 0.25) is 0 Å². The second-order valence-corrected chi connectivity index (χ2v) is 5.16. The minimum atomic E-state index is 0.893. The summed E-state index contributed by atoms with van der Waals surface area (Å²) in [5.74, 6) is 3.65. The molecule has 0 aromatic carbocycles. The van der Waals surface area contributed by atoms with Gasteiger partial charge in [0.15, 0.2) is 0 Å². The summed E-state index contributed by atoms with van der Waals surface area (Å²) in [5.41, 5.74) is 0. The molecule has 0 heterocycles. The molecule has 0 amide bonds. The van der Waals surface area contributed by atoms with Crippen LogP contribution in [0.5, 0.6) is 0 Å². The standard InChI is InChI=1S/C14H30.C2H6/c1-7-11(4)10-14(9-3)13(6)12(5)8-2;1-2/h11-14H,7-10H2,1-6H3;1-2H3.